The van der Waals surface area contributed by atoms with Crippen LogP contribution in [0, 0.1) is 41.5 Å². The molecule has 24 heavy (non-hydrogen) atoms. The molecule has 0 radical (unpaired) electrons. The van der Waals surface area contributed by atoms with Gasteiger partial charge in [-0.3, -0.25) is 4.68 Å². The van der Waals surface area contributed by atoms with E-state index in [9.17, 15) is 8.42 Å². The van der Waals surface area contributed by atoms with Crippen molar-refractivity contribution in [3.63, 3.8) is 0 Å². The van der Waals surface area contributed by atoms with E-state index < -0.39 is 10.0 Å². The Hall–Kier alpha value is -1.66. The molecule has 0 unspecified atom stereocenters. The molecule has 1 heterocycles. The van der Waals surface area contributed by atoms with Crippen molar-refractivity contribution in [2.24, 2.45) is 0 Å². The third-order valence-corrected chi connectivity index (χ3v) is 6.24. The predicted molar refractivity (Wildman–Crippen MR) is 96.9 cm³/mol. The van der Waals surface area contributed by atoms with Crippen molar-refractivity contribution in [1.29, 1.82) is 0 Å². The highest BCUT2D eigenvalue weighted by molar-refractivity contribution is 7.89. The van der Waals surface area contributed by atoms with Gasteiger partial charge in [-0.05, 0) is 76.3 Å². The highest BCUT2D eigenvalue weighted by Gasteiger charge is 2.21. The Balaban J connectivity index is 2.08. The van der Waals surface area contributed by atoms with Crippen molar-refractivity contribution in [1.82, 2.24) is 14.5 Å². The van der Waals surface area contributed by atoms with Gasteiger partial charge in [-0.1, -0.05) is 6.07 Å². The number of benzene rings is 1. The molecule has 0 fully saturated rings. The molecule has 0 saturated heterocycles. The molecule has 0 bridgehead atoms. The molecule has 0 atom stereocenters. The third-order valence-electron chi connectivity index (χ3n) is 4.51. The Morgan fingerprint density at radius 2 is 1.58 bits per heavy atom. The van der Waals surface area contributed by atoms with Gasteiger partial charge < -0.3 is 0 Å². The van der Waals surface area contributed by atoms with Crippen molar-refractivity contribution in [2.45, 2.75) is 59.4 Å². The van der Waals surface area contributed by atoms with Crippen molar-refractivity contribution in [3.8, 4) is 0 Å². The Morgan fingerprint density at radius 1 is 1.00 bits per heavy atom. The minimum Gasteiger partial charge on any atom is -0.270 e. The summed E-state index contributed by atoms with van der Waals surface area (Å²) in [5.74, 6) is 0. The van der Waals surface area contributed by atoms with E-state index in [0.717, 1.165) is 33.6 Å². The summed E-state index contributed by atoms with van der Waals surface area (Å²) in [6.45, 7) is 12.7. The fraction of sp³-hybridized carbons (Fsp3) is 0.500. The number of nitrogens with one attached hydrogen (secondary N) is 1. The number of rotatable bonds is 6. The van der Waals surface area contributed by atoms with E-state index in [1.165, 1.54) is 0 Å². The quantitative estimate of drug-likeness (QED) is 0.815. The van der Waals surface area contributed by atoms with Crippen LogP contribution in [0.15, 0.2) is 17.0 Å². The molecule has 0 aliphatic heterocycles. The summed E-state index contributed by atoms with van der Waals surface area (Å²) < 4.78 is 30.1. The van der Waals surface area contributed by atoms with E-state index in [0.29, 0.717) is 24.4 Å². The number of sulfonamides is 1. The topological polar surface area (TPSA) is 64.0 Å². The van der Waals surface area contributed by atoms with Crippen LogP contribution in [-0.4, -0.2) is 24.7 Å². The summed E-state index contributed by atoms with van der Waals surface area (Å²) in [5, 5.41) is 4.39. The normalized spacial score (nSPS) is 11.9. The second-order valence-electron chi connectivity index (χ2n) is 6.49. The molecule has 2 rings (SSSR count). The minimum absolute atomic E-state index is 0.395. The van der Waals surface area contributed by atoms with Crippen LogP contribution in [0.25, 0.3) is 0 Å². The smallest absolute Gasteiger partial charge is 0.241 e. The van der Waals surface area contributed by atoms with Crippen LogP contribution in [0.4, 0.5) is 0 Å². The van der Waals surface area contributed by atoms with Crippen LogP contribution in [0.1, 0.15) is 40.1 Å². The second kappa shape index (κ2) is 7.07. The van der Waals surface area contributed by atoms with E-state index in [-0.39, 0.29) is 0 Å². The first-order valence-electron chi connectivity index (χ1n) is 8.21. The molecule has 0 spiro atoms. The molecule has 0 amide bonds. The lowest BCUT2D eigenvalue weighted by Gasteiger charge is -2.16. The lowest BCUT2D eigenvalue weighted by molar-refractivity contribution is 0.543. The zero-order chi connectivity index (χ0) is 18.1. The molecular weight excluding hydrogens is 322 g/mol. The second-order valence-corrected chi connectivity index (χ2v) is 8.19. The van der Waals surface area contributed by atoms with E-state index in [1.54, 1.807) is 0 Å². The molecule has 2 aromatic rings. The van der Waals surface area contributed by atoms with Crippen molar-refractivity contribution in [2.75, 3.05) is 6.54 Å². The zero-order valence-corrected chi connectivity index (χ0v) is 16.2. The van der Waals surface area contributed by atoms with Crippen molar-refractivity contribution < 1.29 is 8.42 Å². The average Bonchev–Trinajstić information content (AvgIpc) is 2.79. The highest BCUT2D eigenvalue weighted by Crippen LogP contribution is 2.25. The molecular formula is C18H27N3O2S. The summed E-state index contributed by atoms with van der Waals surface area (Å²) in [6.07, 6.45) is 0.698. The molecule has 1 aromatic heterocycles. The Morgan fingerprint density at radius 3 is 2.08 bits per heavy atom. The first kappa shape index (κ1) is 18.7. The first-order valence-corrected chi connectivity index (χ1v) is 9.70. The van der Waals surface area contributed by atoms with Gasteiger partial charge in [0, 0.05) is 18.8 Å². The number of aryl methyl sites for hydroxylation is 5. The molecule has 132 valence electrons. The highest BCUT2D eigenvalue weighted by atomic mass is 32.2. The first-order chi connectivity index (χ1) is 11.1. The minimum atomic E-state index is -3.51. The van der Waals surface area contributed by atoms with Crippen LogP contribution >= 0.6 is 0 Å². The SMILES string of the molecule is Cc1cc(C)n(CCCNS(=O)(=O)c2c(C)c(C)cc(C)c2C)n1. The summed E-state index contributed by atoms with van der Waals surface area (Å²) in [5.41, 5.74) is 5.72. The summed E-state index contributed by atoms with van der Waals surface area (Å²) >= 11 is 0. The van der Waals surface area contributed by atoms with Crippen molar-refractivity contribution in [3.05, 3.63) is 45.8 Å². The van der Waals surface area contributed by atoms with E-state index in [2.05, 4.69) is 9.82 Å². The molecule has 5 nitrogen and oxygen atoms in total. The maximum Gasteiger partial charge on any atom is 0.241 e. The number of hydrogen-bond donors (Lipinski definition) is 1. The average molecular weight is 350 g/mol. The molecule has 0 aliphatic carbocycles. The Bertz CT molecular complexity index is 825. The third kappa shape index (κ3) is 3.87. The zero-order valence-electron chi connectivity index (χ0n) is 15.4. The number of aromatic nitrogens is 2. The van der Waals surface area contributed by atoms with E-state index in [1.807, 2.05) is 58.4 Å². The van der Waals surface area contributed by atoms with Crippen LogP contribution in [-0.2, 0) is 16.6 Å². The van der Waals surface area contributed by atoms with Crippen molar-refractivity contribution >= 4 is 10.0 Å². The summed E-state index contributed by atoms with van der Waals surface area (Å²) in [4.78, 5) is 0.422. The monoisotopic (exact) mass is 349 g/mol. The molecule has 1 N–H and O–H groups in total. The van der Waals surface area contributed by atoms with Gasteiger partial charge in [-0.25, -0.2) is 13.1 Å². The molecule has 0 saturated carbocycles. The maximum absolute atomic E-state index is 12.7. The van der Waals surface area contributed by atoms with Crippen LogP contribution in [0.5, 0.6) is 0 Å². The summed E-state index contributed by atoms with van der Waals surface area (Å²) in [6, 6.07) is 4.05. The molecule has 1 aromatic carbocycles. The Kier molecular flexibility index (Phi) is 5.50. The lowest BCUT2D eigenvalue weighted by atomic mass is 10.0. The van der Waals surface area contributed by atoms with Gasteiger partial charge in [0.15, 0.2) is 0 Å². The fourth-order valence-corrected chi connectivity index (χ4v) is 4.68. The van der Waals surface area contributed by atoms with Gasteiger partial charge in [0.05, 0.1) is 10.6 Å². The number of hydrogen-bond acceptors (Lipinski definition) is 3. The van der Waals surface area contributed by atoms with E-state index in [4.69, 9.17) is 0 Å². The van der Waals surface area contributed by atoms with E-state index >= 15 is 0 Å². The molecule has 6 heteroatoms. The number of nitrogens with zero attached hydrogens (tertiary/aromatic N) is 2. The van der Waals surface area contributed by atoms with Gasteiger partial charge in [0.25, 0.3) is 0 Å². The van der Waals surface area contributed by atoms with Crippen LogP contribution in [0.2, 0.25) is 0 Å². The fourth-order valence-electron chi connectivity index (χ4n) is 2.99. The predicted octanol–water partition coefficient (Wildman–Crippen LogP) is 3.10. The standard InChI is InChI=1S/C18H27N3O2S/c1-12-10-13(2)17(6)18(16(12)5)24(22,23)19-8-7-9-21-15(4)11-14(3)20-21/h10-11,19H,7-9H2,1-6H3. The van der Waals surface area contributed by atoms with Crippen LogP contribution in [0.3, 0.4) is 0 Å². The largest absolute Gasteiger partial charge is 0.270 e. The Labute approximate surface area is 145 Å². The lowest BCUT2D eigenvalue weighted by Crippen LogP contribution is -2.27. The summed E-state index contributed by atoms with van der Waals surface area (Å²) in [7, 11) is -3.51. The van der Waals surface area contributed by atoms with Crippen LogP contribution < -0.4 is 4.72 Å². The van der Waals surface area contributed by atoms with Gasteiger partial charge in [0.1, 0.15) is 0 Å². The van der Waals surface area contributed by atoms with Gasteiger partial charge >= 0.3 is 0 Å². The van der Waals surface area contributed by atoms with Gasteiger partial charge in [-0.2, -0.15) is 5.10 Å². The molecule has 0 aliphatic rings. The van der Waals surface area contributed by atoms with Gasteiger partial charge in [0.2, 0.25) is 10.0 Å². The maximum atomic E-state index is 12.7. The van der Waals surface area contributed by atoms with Gasteiger partial charge in [-0.15, -0.1) is 0 Å².